The molecule has 140 valence electrons. The number of rotatable bonds is 5. The number of halogens is 1. The lowest BCUT2D eigenvalue weighted by atomic mass is 10.1. The van der Waals surface area contributed by atoms with Gasteiger partial charge in [0.05, 0.1) is 5.69 Å². The van der Waals surface area contributed by atoms with Gasteiger partial charge >= 0.3 is 0 Å². The molecular formula is C20H28BrN5. The maximum absolute atomic E-state index is 4.51. The van der Waals surface area contributed by atoms with E-state index in [-0.39, 0.29) is 6.04 Å². The van der Waals surface area contributed by atoms with Crippen LogP contribution in [0.1, 0.15) is 41.8 Å². The number of guanidine groups is 1. The molecule has 1 aromatic carbocycles. The molecule has 0 spiro atoms. The molecule has 6 heteroatoms. The second-order valence-corrected chi connectivity index (χ2v) is 8.15. The quantitative estimate of drug-likeness (QED) is 0.578. The van der Waals surface area contributed by atoms with Gasteiger partial charge in [0, 0.05) is 42.3 Å². The Morgan fingerprint density at radius 2 is 2.04 bits per heavy atom. The first-order chi connectivity index (χ1) is 12.4. The Labute approximate surface area is 164 Å². The minimum absolute atomic E-state index is 0.285. The summed E-state index contributed by atoms with van der Waals surface area (Å²) in [6.45, 7) is 6.40. The first kappa shape index (κ1) is 19.0. The Hall–Kier alpha value is -1.82. The molecule has 0 bridgehead atoms. The molecule has 1 aliphatic carbocycles. The lowest BCUT2D eigenvalue weighted by Crippen LogP contribution is -2.44. The average molecular weight is 418 g/mol. The molecule has 2 N–H and O–H groups in total. The molecule has 1 heterocycles. The van der Waals surface area contributed by atoms with Crippen molar-refractivity contribution in [3.05, 3.63) is 51.3 Å². The third-order valence-corrected chi connectivity index (χ3v) is 5.72. The van der Waals surface area contributed by atoms with Crippen molar-refractivity contribution in [1.82, 2.24) is 20.4 Å². The molecule has 3 rings (SSSR count). The Morgan fingerprint density at radius 3 is 2.62 bits per heavy atom. The molecule has 0 aliphatic heterocycles. The highest BCUT2D eigenvalue weighted by atomic mass is 79.9. The van der Waals surface area contributed by atoms with Crippen LogP contribution in [0.4, 0.5) is 0 Å². The maximum Gasteiger partial charge on any atom is 0.191 e. The van der Waals surface area contributed by atoms with Gasteiger partial charge in [-0.1, -0.05) is 28.1 Å². The minimum atomic E-state index is 0.285. The third kappa shape index (κ3) is 4.29. The molecule has 3 atom stereocenters. The number of aliphatic imine (C=N–C) groups is 1. The summed E-state index contributed by atoms with van der Waals surface area (Å²) in [4.78, 5) is 4.41. The van der Waals surface area contributed by atoms with E-state index in [1.807, 2.05) is 18.8 Å². The van der Waals surface area contributed by atoms with Crippen LogP contribution >= 0.6 is 15.9 Å². The zero-order valence-corrected chi connectivity index (χ0v) is 17.8. The van der Waals surface area contributed by atoms with Gasteiger partial charge in [0.15, 0.2) is 5.96 Å². The molecule has 1 fully saturated rings. The van der Waals surface area contributed by atoms with Gasteiger partial charge in [-0.05, 0) is 56.9 Å². The summed E-state index contributed by atoms with van der Waals surface area (Å²) in [7, 11) is 3.83. The van der Waals surface area contributed by atoms with Gasteiger partial charge < -0.3 is 10.6 Å². The van der Waals surface area contributed by atoms with Crippen LogP contribution in [0.25, 0.3) is 0 Å². The summed E-state index contributed by atoms with van der Waals surface area (Å²) in [5.74, 6) is 1.45. The van der Waals surface area contributed by atoms with Crippen LogP contribution in [0, 0.1) is 13.8 Å². The van der Waals surface area contributed by atoms with Gasteiger partial charge in [-0.3, -0.25) is 9.67 Å². The van der Waals surface area contributed by atoms with Crippen molar-refractivity contribution in [1.29, 1.82) is 0 Å². The molecule has 26 heavy (non-hydrogen) atoms. The van der Waals surface area contributed by atoms with Crippen LogP contribution in [0.15, 0.2) is 33.7 Å². The van der Waals surface area contributed by atoms with Crippen molar-refractivity contribution in [2.45, 2.75) is 51.6 Å². The van der Waals surface area contributed by atoms with Crippen LogP contribution in [-0.2, 0) is 13.5 Å². The van der Waals surface area contributed by atoms with Crippen molar-refractivity contribution in [2.24, 2.45) is 12.0 Å². The highest BCUT2D eigenvalue weighted by Gasteiger charge is 2.39. The smallest absolute Gasteiger partial charge is 0.191 e. The van der Waals surface area contributed by atoms with Crippen LogP contribution in [0.3, 0.4) is 0 Å². The van der Waals surface area contributed by atoms with Crippen LogP contribution in [0.2, 0.25) is 0 Å². The van der Waals surface area contributed by atoms with Gasteiger partial charge in [0.1, 0.15) is 0 Å². The maximum atomic E-state index is 4.51. The minimum Gasteiger partial charge on any atom is -0.354 e. The fraction of sp³-hybridized carbons (Fsp3) is 0.500. The SMILES string of the molecule is CN=C(NC(C)Cc1c(C)nn(C)c1C)NC1CC1c1ccc(Br)cc1. The standard InChI is InChI=1S/C20H28BrN5/c1-12(10-17-13(2)25-26(5)14(17)3)23-20(22-4)24-19-11-18(19)15-6-8-16(21)9-7-15/h6-9,12,18-19H,10-11H2,1-5H3,(H2,22,23,24). The van der Waals surface area contributed by atoms with E-state index in [1.165, 1.54) is 16.8 Å². The fourth-order valence-electron chi connectivity index (χ4n) is 3.48. The van der Waals surface area contributed by atoms with Crippen molar-refractivity contribution >= 4 is 21.9 Å². The largest absolute Gasteiger partial charge is 0.354 e. The molecule has 5 nitrogen and oxygen atoms in total. The molecule has 1 aromatic heterocycles. The van der Waals surface area contributed by atoms with E-state index >= 15 is 0 Å². The second kappa shape index (κ2) is 7.82. The fourth-order valence-corrected chi connectivity index (χ4v) is 3.75. The number of nitrogens with zero attached hydrogens (tertiary/aromatic N) is 3. The Kier molecular flexibility index (Phi) is 5.70. The summed E-state index contributed by atoms with van der Waals surface area (Å²) in [6.07, 6.45) is 2.09. The molecule has 0 amide bonds. The van der Waals surface area contributed by atoms with E-state index in [0.717, 1.165) is 29.0 Å². The Morgan fingerprint density at radius 1 is 1.35 bits per heavy atom. The van der Waals surface area contributed by atoms with Crippen molar-refractivity contribution < 1.29 is 0 Å². The predicted octanol–water partition coefficient (Wildman–Crippen LogP) is 3.45. The van der Waals surface area contributed by atoms with Crippen molar-refractivity contribution in [3.8, 4) is 0 Å². The third-order valence-electron chi connectivity index (χ3n) is 5.19. The Balaban J connectivity index is 1.54. The number of aryl methyl sites for hydroxylation is 2. The highest BCUT2D eigenvalue weighted by molar-refractivity contribution is 9.10. The summed E-state index contributed by atoms with van der Waals surface area (Å²) in [5.41, 5.74) is 5.05. The van der Waals surface area contributed by atoms with Crippen molar-refractivity contribution in [2.75, 3.05) is 7.05 Å². The first-order valence-electron chi connectivity index (χ1n) is 9.13. The molecule has 0 radical (unpaired) electrons. The van der Waals surface area contributed by atoms with Crippen LogP contribution in [0.5, 0.6) is 0 Å². The topological polar surface area (TPSA) is 54.2 Å². The lowest BCUT2D eigenvalue weighted by molar-refractivity contribution is 0.633. The van der Waals surface area contributed by atoms with Crippen LogP contribution < -0.4 is 10.6 Å². The van der Waals surface area contributed by atoms with E-state index < -0.39 is 0 Å². The van der Waals surface area contributed by atoms with E-state index in [2.05, 4.69) is 81.7 Å². The zero-order valence-electron chi connectivity index (χ0n) is 16.2. The van der Waals surface area contributed by atoms with E-state index in [9.17, 15) is 0 Å². The molecular weight excluding hydrogens is 390 g/mol. The molecule has 1 saturated carbocycles. The Bertz CT molecular complexity index is 793. The van der Waals surface area contributed by atoms with Crippen LogP contribution in [-0.4, -0.2) is 34.9 Å². The van der Waals surface area contributed by atoms with Gasteiger partial charge in [-0.2, -0.15) is 5.10 Å². The number of hydrogen-bond donors (Lipinski definition) is 2. The monoisotopic (exact) mass is 417 g/mol. The van der Waals surface area contributed by atoms with Gasteiger partial charge in [-0.25, -0.2) is 0 Å². The number of hydrogen-bond acceptors (Lipinski definition) is 2. The van der Waals surface area contributed by atoms with E-state index in [4.69, 9.17) is 0 Å². The number of aromatic nitrogens is 2. The normalized spacial score (nSPS) is 20.8. The number of nitrogens with one attached hydrogen (secondary N) is 2. The summed E-state index contributed by atoms with van der Waals surface area (Å²) in [6, 6.07) is 9.35. The molecule has 3 unspecified atom stereocenters. The average Bonchev–Trinajstić information content (AvgIpc) is 3.33. The molecule has 0 saturated heterocycles. The number of benzene rings is 1. The van der Waals surface area contributed by atoms with Gasteiger partial charge in [0.25, 0.3) is 0 Å². The van der Waals surface area contributed by atoms with Gasteiger partial charge in [-0.15, -0.1) is 0 Å². The lowest BCUT2D eigenvalue weighted by Gasteiger charge is -2.18. The van der Waals surface area contributed by atoms with Crippen molar-refractivity contribution in [3.63, 3.8) is 0 Å². The predicted molar refractivity (Wildman–Crippen MR) is 111 cm³/mol. The summed E-state index contributed by atoms with van der Waals surface area (Å²) >= 11 is 3.50. The van der Waals surface area contributed by atoms with Gasteiger partial charge in [0.2, 0.25) is 0 Å². The summed E-state index contributed by atoms with van der Waals surface area (Å²) < 4.78 is 3.08. The summed E-state index contributed by atoms with van der Waals surface area (Å²) in [5, 5.41) is 11.6. The molecule has 1 aliphatic rings. The second-order valence-electron chi connectivity index (χ2n) is 7.24. The zero-order chi connectivity index (χ0) is 18.8. The highest BCUT2D eigenvalue weighted by Crippen LogP contribution is 2.41. The first-order valence-corrected chi connectivity index (χ1v) is 9.92. The molecule has 2 aromatic rings. The van der Waals surface area contributed by atoms with E-state index in [1.54, 1.807) is 0 Å². The van der Waals surface area contributed by atoms with E-state index in [0.29, 0.717) is 12.0 Å².